The van der Waals surface area contributed by atoms with Crippen LogP contribution in [0, 0.1) is 11.8 Å². The van der Waals surface area contributed by atoms with Gasteiger partial charge in [0.1, 0.15) is 5.75 Å². The molecule has 0 bridgehead atoms. The third kappa shape index (κ3) is 2.46. The number of hydrogen-bond acceptors (Lipinski definition) is 2. The highest BCUT2D eigenvalue weighted by Gasteiger charge is 2.43. The molecule has 2 aliphatic rings. The maximum Gasteiger partial charge on any atom is 0.217 e. The smallest absolute Gasteiger partial charge is 0.217 e. The fourth-order valence-electron chi connectivity index (χ4n) is 3.38. The molecule has 0 radical (unpaired) electrons. The van der Waals surface area contributed by atoms with Gasteiger partial charge in [-0.2, -0.15) is 0 Å². The molecule has 2 N–H and O–H groups in total. The minimum absolute atomic E-state index is 0.182. The van der Waals surface area contributed by atoms with Gasteiger partial charge in [-0.15, -0.1) is 0 Å². The first kappa shape index (κ1) is 12.5. The number of fused-ring (bicyclic) bond motifs is 1. The Morgan fingerprint density at radius 1 is 1.53 bits per heavy atom. The van der Waals surface area contributed by atoms with Gasteiger partial charge < -0.3 is 10.5 Å². The Labute approximate surface area is 114 Å². The summed E-state index contributed by atoms with van der Waals surface area (Å²) < 4.78 is 5.63. The van der Waals surface area contributed by atoms with Crippen LogP contribution < -0.4 is 10.5 Å². The number of benzene rings is 1. The lowest BCUT2D eigenvalue weighted by molar-refractivity contribution is -0.118. The van der Waals surface area contributed by atoms with Gasteiger partial charge in [0.2, 0.25) is 5.91 Å². The fraction of sp³-hybridized carbons (Fsp3) is 0.562. The molecule has 1 saturated carbocycles. The average Bonchev–Trinajstić information content (AvgIpc) is 3.04. The van der Waals surface area contributed by atoms with Gasteiger partial charge >= 0.3 is 0 Å². The van der Waals surface area contributed by atoms with Gasteiger partial charge in [-0.25, -0.2) is 0 Å². The first-order valence-corrected chi connectivity index (χ1v) is 7.19. The Balaban J connectivity index is 1.67. The Morgan fingerprint density at radius 2 is 2.37 bits per heavy atom. The summed E-state index contributed by atoms with van der Waals surface area (Å²) in [6.45, 7) is 3.06. The van der Waals surface area contributed by atoms with Gasteiger partial charge in [-0.05, 0) is 42.2 Å². The summed E-state index contributed by atoms with van der Waals surface area (Å²) in [5.74, 6) is 2.85. The summed E-state index contributed by atoms with van der Waals surface area (Å²) in [5.41, 5.74) is 8.12. The number of carbonyl (C=O) groups excluding carboxylic acids is 1. The highest BCUT2D eigenvalue weighted by atomic mass is 16.5. The lowest BCUT2D eigenvalue weighted by Gasteiger charge is -2.11. The second-order valence-corrected chi connectivity index (χ2v) is 5.91. The van der Waals surface area contributed by atoms with Crippen molar-refractivity contribution in [2.45, 2.75) is 38.5 Å². The molecule has 3 heteroatoms. The summed E-state index contributed by atoms with van der Waals surface area (Å²) in [6.07, 6.45) is 3.73. The Bertz CT molecular complexity index is 498. The predicted octanol–water partition coefficient (Wildman–Crippen LogP) is 2.63. The van der Waals surface area contributed by atoms with Crippen LogP contribution in [-0.4, -0.2) is 12.5 Å². The molecule has 1 amide bonds. The maximum absolute atomic E-state index is 10.9. The zero-order chi connectivity index (χ0) is 13.4. The van der Waals surface area contributed by atoms with Gasteiger partial charge in [-0.3, -0.25) is 4.79 Å². The third-order valence-corrected chi connectivity index (χ3v) is 4.60. The molecular formula is C16H21NO2. The van der Waals surface area contributed by atoms with Crippen molar-refractivity contribution in [3.63, 3.8) is 0 Å². The molecule has 3 nitrogen and oxygen atoms in total. The SMILES string of the molecule is CC(CCC(N)=O)C1CC1c1cccc2c1CCO2. The third-order valence-electron chi connectivity index (χ3n) is 4.60. The van der Waals surface area contributed by atoms with Gasteiger partial charge in [0.25, 0.3) is 0 Å². The molecule has 3 atom stereocenters. The van der Waals surface area contributed by atoms with E-state index in [0.717, 1.165) is 25.2 Å². The summed E-state index contributed by atoms with van der Waals surface area (Å²) in [7, 11) is 0. The van der Waals surface area contributed by atoms with Crippen molar-refractivity contribution in [2.24, 2.45) is 17.6 Å². The molecule has 3 unspecified atom stereocenters. The van der Waals surface area contributed by atoms with E-state index in [9.17, 15) is 4.79 Å². The molecule has 0 aromatic heterocycles. The molecule has 1 fully saturated rings. The molecule has 1 aliphatic carbocycles. The quantitative estimate of drug-likeness (QED) is 0.883. The van der Waals surface area contributed by atoms with E-state index < -0.39 is 0 Å². The molecule has 102 valence electrons. The topological polar surface area (TPSA) is 52.3 Å². The van der Waals surface area contributed by atoms with Crippen LogP contribution in [0.3, 0.4) is 0 Å². The standard InChI is InChI=1S/C16H21NO2/c1-10(5-6-16(17)18)13-9-14(13)11-3-2-4-15-12(11)7-8-19-15/h2-4,10,13-14H,5-9H2,1H3,(H2,17,18). The number of nitrogens with two attached hydrogens (primary N) is 1. The highest BCUT2D eigenvalue weighted by Crippen LogP contribution is 2.54. The minimum atomic E-state index is -0.182. The van der Waals surface area contributed by atoms with Crippen LogP contribution in [0.2, 0.25) is 0 Å². The van der Waals surface area contributed by atoms with Crippen molar-refractivity contribution in [1.29, 1.82) is 0 Å². The predicted molar refractivity (Wildman–Crippen MR) is 74.1 cm³/mol. The van der Waals surface area contributed by atoms with Crippen molar-refractivity contribution in [1.82, 2.24) is 0 Å². The Hall–Kier alpha value is -1.51. The number of carbonyl (C=O) groups is 1. The lowest BCUT2D eigenvalue weighted by atomic mass is 9.94. The molecule has 1 aromatic rings. The number of hydrogen-bond donors (Lipinski definition) is 1. The molecule has 1 heterocycles. The first-order valence-electron chi connectivity index (χ1n) is 7.19. The monoisotopic (exact) mass is 259 g/mol. The van der Waals surface area contributed by atoms with Crippen LogP contribution in [0.1, 0.15) is 43.2 Å². The van der Waals surface area contributed by atoms with Crippen LogP contribution in [0.5, 0.6) is 5.75 Å². The molecule has 1 aromatic carbocycles. The van der Waals surface area contributed by atoms with Gasteiger partial charge in [0.05, 0.1) is 6.61 Å². The normalized spacial score (nSPS) is 25.5. The van der Waals surface area contributed by atoms with Crippen molar-refractivity contribution in [3.8, 4) is 5.75 Å². The van der Waals surface area contributed by atoms with Crippen LogP contribution in [-0.2, 0) is 11.2 Å². The molecule has 0 saturated heterocycles. The lowest BCUT2D eigenvalue weighted by Crippen LogP contribution is -2.12. The summed E-state index contributed by atoms with van der Waals surface area (Å²) >= 11 is 0. The average molecular weight is 259 g/mol. The van der Waals surface area contributed by atoms with Crippen molar-refractivity contribution in [3.05, 3.63) is 29.3 Å². The van der Waals surface area contributed by atoms with Gasteiger partial charge in [-0.1, -0.05) is 19.1 Å². The number of ether oxygens (including phenoxy) is 1. The maximum atomic E-state index is 10.9. The van der Waals surface area contributed by atoms with Crippen LogP contribution >= 0.6 is 0 Å². The Kier molecular flexibility index (Phi) is 3.21. The molecule has 1 aliphatic heterocycles. The van der Waals surface area contributed by atoms with Crippen LogP contribution in [0.4, 0.5) is 0 Å². The van der Waals surface area contributed by atoms with Crippen LogP contribution in [0.25, 0.3) is 0 Å². The Morgan fingerprint density at radius 3 is 3.16 bits per heavy atom. The second kappa shape index (κ2) is 4.87. The van der Waals surface area contributed by atoms with E-state index in [0.29, 0.717) is 24.2 Å². The van der Waals surface area contributed by atoms with Gasteiger partial charge in [0, 0.05) is 18.4 Å². The first-order chi connectivity index (χ1) is 9.16. The van der Waals surface area contributed by atoms with Gasteiger partial charge in [0.15, 0.2) is 0 Å². The zero-order valence-electron chi connectivity index (χ0n) is 11.4. The largest absolute Gasteiger partial charge is 0.493 e. The van der Waals surface area contributed by atoms with E-state index in [1.54, 1.807) is 0 Å². The van der Waals surface area contributed by atoms with E-state index in [2.05, 4.69) is 25.1 Å². The molecule has 0 spiro atoms. The summed E-state index contributed by atoms with van der Waals surface area (Å²) in [6, 6.07) is 6.42. The van der Waals surface area contributed by atoms with E-state index in [1.165, 1.54) is 17.5 Å². The fourth-order valence-corrected chi connectivity index (χ4v) is 3.38. The van der Waals surface area contributed by atoms with E-state index in [-0.39, 0.29) is 5.91 Å². The van der Waals surface area contributed by atoms with Crippen molar-refractivity contribution in [2.75, 3.05) is 6.61 Å². The van der Waals surface area contributed by atoms with E-state index >= 15 is 0 Å². The van der Waals surface area contributed by atoms with E-state index in [4.69, 9.17) is 10.5 Å². The number of rotatable bonds is 5. The minimum Gasteiger partial charge on any atom is -0.493 e. The van der Waals surface area contributed by atoms with Crippen molar-refractivity contribution < 1.29 is 9.53 Å². The molecule has 3 rings (SSSR count). The molecular weight excluding hydrogens is 238 g/mol. The zero-order valence-corrected chi connectivity index (χ0v) is 11.4. The summed E-state index contributed by atoms with van der Waals surface area (Å²) in [4.78, 5) is 10.9. The number of amides is 1. The van der Waals surface area contributed by atoms with Crippen molar-refractivity contribution >= 4 is 5.91 Å². The van der Waals surface area contributed by atoms with Crippen LogP contribution in [0.15, 0.2) is 18.2 Å². The molecule has 19 heavy (non-hydrogen) atoms. The number of primary amides is 1. The second-order valence-electron chi connectivity index (χ2n) is 5.91. The highest BCUT2D eigenvalue weighted by molar-refractivity contribution is 5.73. The van der Waals surface area contributed by atoms with E-state index in [1.807, 2.05) is 0 Å². The summed E-state index contributed by atoms with van der Waals surface area (Å²) in [5, 5.41) is 0.